The molecule has 0 saturated carbocycles. The van der Waals surface area contributed by atoms with Gasteiger partial charge in [-0.3, -0.25) is 9.59 Å². The van der Waals surface area contributed by atoms with E-state index in [4.69, 9.17) is 16.2 Å². The molecule has 2 aromatic heterocycles. The van der Waals surface area contributed by atoms with Crippen LogP contribution < -0.4 is 21.8 Å². The van der Waals surface area contributed by atoms with Crippen LogP contribution in [-0.2, 0) is 15.8 Å². The predicted octanol–water partition coefficient (Wildman–Crippen LogP) is 1.68. The number of hydrogen-bond acceptors (Lipinski definition) is 6. The first kappa shape index (κ1) is 22.8. The first-order chi connectivity index (χ1) is 15.5. The number of amides is 1. The second kappa shape index (κ2) is 7.89. The van der Waals surface area contributed by atoms with Gasteiger partial charge < -0.3 is 26.3 Å². The van der Waals surface area contributed by atoms with Gasteiger partial charge in [0.15, 0.2) is 0 Å². The van der Waals surface area contributed by atoms with Crippen LogP contribution in [0.5, 0.6) is 5.75 Å². The lowest BCUT2D eigenvalue weighted by molar-refractivity contribution is -0.123. The summed E-state index contributed by atoms with van der Waals surface area (Å²) in [4.78, 5) is 31.2. The molecule has 2 aliphatic rings. The Hall–Kier alpha value is -3.37. The van der Waals surface area contributed by atoms with E-state index in [0.717, 1.165) is 6.08 Å². The summed E-state index contributed by atoms with van der Waals surface area (Å²) in [5.74, 6) is -2.96. The fourth-order valence-electron chi connectivity index (χ4n) is 4.21. The minimum atomic E-state index is -1.94. The van der Waals surface area contributed by atoms with Crippen molar-refractivity contribution in [3.8, 4) is 5.75 Å². The molecule has 0 spiro atoms. The van der Waals surface area contributed by atoms with Gasteiger partial charge in [-0.25, -0.2) is 13.8 Å². The molecule has 3 heterocycles. The van der Waals surface area contributed by atoms with Gasteiger partial charge in [-0.2, -0.15) is 0 Å². The lowest BCUT2D eigenvalue weighted by Gasteiger charge is -2.30. The normalized spacial score (nSPS) is 24.1. The fourth-order valence-corrected chi connectivity index (χ4v) is 4.21. The van der Waals surface area contributed by atoms with E-state index in [1.165, 1.54) is 31.3 Å². The zero-order chi connectivity index (χ0) is 24.1. The maximum absolute atomic E-state index is 14.9. The zero-order valence-electron chi connectivity index (χ0n) is 18.1. The summed E-state index contributed by atoms with van der Waals surface area (Å²) in [5, 5.41) is 11.5. The molecule has 0 fully saturated rings. The number of aliphatic hydroxyl groups is 1. The average Bonchev–Trinajstić information content (AvgIpc) is 3.13. The van der Waals surface area contributed by atoms with Gasteiger partial charge in [-0.15, -0.1) is 0 Å². The van der Waals surface area contributed by atoms with E-state index in [9.17, 15) is 23.5 Å². The van der Waals surface area contributed by atoms with Crippen LogP contribution >= 0.6 is 0 Å². The second-order valence-electron chi connectivity index (χ2n) is 8.67. The van der Waals surface area contributed by atoms with E-state index in [2.05, 4.69) is 9.97 Å². The molecule has 1 aliphatic heterocycles. The number of fused-ring (bicyclic) bond motifs is 1. The average molecular weight is 458 g/mol. The molecule has 6 N–H and O–H groups in total. The Labute approximate surface area is 188 Å². The summed E-state index contributed by atoms with van der Waals surface area (Å²) in [6, 6.07) is 4.09. The standard InChI is InChI=1S/C23H24F2N4O4/c1-11-5-13(16(25)8-15(11)24)19-20-14(22(2,10-33-20)21(27)31)7-17(29-19)23(32,9-26)12-3-4-28-18(30)6-12/h3-4,6-8,13,32H,5,9-10,26H2,1-2H3,(H2,27,31)(H,28,30)/t13?,22-,23+/m0/s1. The number of aromatic amines is 1. The van der Waals surface area contributed by atoms with Crippen LogP contribution in [0.1, 0.15) is 48.7 Å². The number of pyridine rings is 2. The minimum absolute atomic E-state index is 0.0113. The van der Waals surface area contributed by atoms with Crippen molar-refractivity contribution in [1.82, 2.24) is 9.97 Å². The number of nitrogens with two attached hydrogens (primary N) is 2. The SMILES string of the molecule is CC1=C(F)C=C(F)C(c2nc([C@@](O)(CN)c3cc[nH]c(=O)c3)cc3c2OC[C@]3(C)C(N)=O)C1. The summed E-state index contributed by atoms with van der Waals surface area (Å²) < 4.78 is 34.7. The molecule has 0 bridgehead atoms. The van der Waals surface area contributed by atoms with Gasteiger partial charge in [0.2, 0.25) is 11.5 Å². The number of hydrogen-bond donors (Lipinski definition) is 4. The van der Waals surface area contributed by atoms with Crippen molar-refractivity contribution in [3.63, 3.8) is 0 Å². The molecule has 0 radical (unpaired) electrons. The zero-order valence-corrected chi connectivity index (χ0v) is 18.1. The van der Waals surface area contributed by atoms with Crippen LogP contribution in [0.2, 0.25) is 0 Å². The fraction of sp³-hybridized carbons (Fsp3) is 0.348. The highest BCUT2D eigenvalue weighted by Crippen LogP contribution is 2.48. The summed E-state index contributed by atoms with van der Waals surface area (Å²) >= 11 is 0. The van der Waals surface area contributed by atoms with Crippen LogP contribution in [0, 0.1) is 0 Å². The van der Waals surface area contributed by atoms with Crippen molar-refractivity contribution in [2.75, 3.05) is 13.2 Å². The summed E-state index contributed by atoms with van der Waals surface area (Å²) in [6.45, 7) is 2.63. The number of H-pyrrole nitrogens is 1. The molecule has 4 rings (SSSR count). The molecule has 10 heteroatoms. The summed E-state index contributed by atoms with van der Waals surface area (Å²) in [6.07, 6.45) is 2.13. The number of aromatic nitrogens is 2. The lowest BCUT2D eigenvalue weighted by Crippen LogP contribution is -2.41. The quantitative estimate of drug-likeness (QED) is 0.537. The highest BCUT2D eigenvalue weighted by Gasteiger charge is 2.47. The van der Waals surface area contributed by atoms with Gasteiger partial charge in [0.05, 0.1) is 17.3 Å². The number of nitrogens with zero attached hydrogens (tertiary/aromatic N) is 1. The van der Waals surface area contributed by atoms with E-state index in [1.807, 2.05) is 0 Å². The Morgan fingerprint density at radius 2 is 2.15 bits per heavy atom. The molecule has 0 aromatic carbocycles. The largest absolute Gasteiger partial charge is 0.490 e. The number of nitrogens with one attached hydrogen (secondary N) is 1. The smallest absolute Gasteiger partial charge is 0.248 e. The molecular formula is C23H24F2N4O4. The number of halogens is 2. The van der Waals surface area contributed by atoms with E-state index in [0.29, 0.717) is 11.1 Å². The first-order valence-corrected chi connectivity index (χ1v) is 10.3. The second-order valence-corrected chi connectivity index (χ2v) is 8.67. The highest BCUT2D eigenvalue weighted by molar-refractivity contribution is 5.88. The maximum Gasteiger partial charge on any atom is 0.248 e. The van der Waals surface area contributed by atoms with Gasteiger partial charge >= 0.3 is 0 Å². The Balaban J connectivity index is 1.99. The third-order valence-electron chi connectivity index (χ3n) is 6.46. The molecular weight excluding hydrogens is 434 g/mol. The molecule has 0 saturated heterocycles. The monoisotopic (exact) mass is 458 g/mol. The molecule has 3 atom stereocenters. The van der Waals surface area contributed by atoms with Crippen LogP contribution in [-0.4, -0.2) is 34.1 Å². The highest BCUT2D eigenvalue weighted by atomic mass is 19.1. The minimum Gasteiger partial charge on any atom is -0.490 e. The molecule has 33 heavy (non-hydrogen) atoms. The number of primary amides is 1. The Morgan fingerprint density at radius 1 is 1.42 bits per heavy atom. The van der Waals surface area contributed by atoms with Crippen molar-refractivity contribution < 1.29 is 23.4 Å². The van der Waals surface area contributed by atoms with E-state index in [1.54, 1.807) is 6.92 Å². The number of allylic oxidation sites excluding steroid dienone is 4. The Morgan fingerprint density at radius 3 is 2.79 bits per heavy atom. The molecule has 1 unspecified atom stereocenters. The van der Waals surface area contributed by atoms with Crippen molar-refractivity contribution in [3.05, 3.63) is 80.6 Å². The number of rotatable bonds is 5. The molecule has 174 valence electrons. The Kier molecular flexibility index (Phi) is 5.45. The van der Waals surface area contributed by atoms with Crippen LogP contribution in [0.4, 0.5) is 8.78 Å². The molecule has 1 amide bonds. The van der Waals surface area contributed by atoms with Crippen LogP contribution in [0.3, 0.4) is 0 Å². The van der Waals surface area contributed by atoms with Gasteiger partial charge in [0.1, 0.15) is 35.0 Å². The number of carbonyl (C=O) groups excluding carboxylic acids is 1. The molecule has 2 aromatic rings. The van der Waals surface area contributed by atoms with Crippen LogP contribution in [0.25, 0.3) is 0 Å². The van der Waals surface area contributed by atoms with Crippen LogP contribution in [0.15, 0.2) is 52.5 Å². The first-order valence-electron chi connectivity index (χ1n) is 10.3. The third kappa shape index (κ3) is 3.55. The molecule has 8 nitrogen and oxygen atoms in total. The van der Waals surface area contributed by atoms with E-state index in [-0.39, 0.29) is 42.3 Å². The topological polar surface area (TPSA) is 144 Å². The maximum atomic E-state index is 14.9. The van der Waals surface area contributed by atoms with E-state index < -0.39 is 40.1 Å². The third-order valence-corrected chi connectivity index (χ3v) is 6.46. The molecule has 1 aliphatic carbocycles. The van der Waals surface area contributed by atoms with Crippen molar-refractivity contribution in [2.24, 2.45) is 11.5 Å². The number of carbonyl (C=O) groups is 1. The van der Waals surface area contributed by atoms with Gasteiger partial charge in [-0.1, -0.05) is 0 Å². The Bertz CT molecular complexity index is 1270. The van der Waals surface area contributed by atoms with Crippen molar-refractivity contribution in [2.45, 2.75) is 37.2 Å². The van der Waals surface area contributed by atoms with Gasteiger partial charge in [0, 0.05) is 30.4 Å². The van der Waals surface area contributed by atoms with Crippen molar-refractivity contribution in [1.29, 1.82) is 0 Å². The number of ether oxygens (including phenoxy) is 1. The summed E-state index contributed by atoms with van der Waals surface area (Å²) in [5.41, 5.74) is 8.75. The summed E-state index contributed by atoms with van der Waals surface area (Å²) in [7, 11) is 0. The lowest BCUT2D eigenvalue weighted by atomic mass is 9.79. The van der Waals surface area contributed by atoms with E-state index >= 15 is 0 Å². The van der Waals surface area contributed by atoms with Crippen molar-refractivity contribution >= 4 is 5.91 Å². The predicted molar refractivity (Wildman–Crippen MR) is 116 cm³/mol. The van der Waals surface area contributed by atoms with Gasteiger partial charge in [-0.05, 0) is 43.5 Å². The van der Waals surface area contributed by atoms with Gasteiger partial charge in [0.25, 0.3) is 0 Å².